The molecule has 6 nitrogen and oxygen atoms in total. The first-order valence-corrected chi connectivity index (χ1v) is 16.5. The molecular formula is C31H44K2N2O4Si. The summed E-state index contributed by atoms with van der Waals surface area (Å²) in [7, 11) is -0.262. The molecular weight excluding hydrogens is 571 g/mol. The van der Waals surface area contributed by atoms with Crippen LogP contribution in [0.1, 0.15) is 75.3 Å². The summed E-state index contributed by atoms with van der Waals surface area (Å²) in [5.41, 5.74) is 8.17. The molecule has 0 aliphatic heterocycles. The summed E-state index contributed by atoms with van der Waals surface area (Å²) in [6, 6.07) is 19.3. The van der Waals surface area contributed by atoms with E-state index in [0.717, 1.165) is 30.3 Å². The van der Waals surface area contributed by atoms with Gasteiger partial charge >= 0.3 is 103 Å². The number of terminal acetylenes is 1. The topological polar surface area (TPSA) is 93.7 Å². The molecule has 4 rings (SSSR count). The van der Waals surface area contributed by atoms with Gasteiger partial charge in [-0.05, 0) is 74.9 Å². The van der Waals surface area contributed by atoms with Crippen LogP contribution in [0.4, 0.5) is 0 Å². The van der Waals surface area contributed by atoms with Gasteiger partial charge < -0.3 is 27.3 Å². The Kier molecular flexibility index (Phi) is 25.3. The van der Waals surface area contributed by atoms with E-state index in [4.69, 9.17) is 21.6 Å². The van der Waals surface area contributed by atoms with Crippen molar-refractivity contribution in [3.63, 3.8) is 0 Å². The Balaban J connectivity index is -0.000000566. The minimum Gasteiger partial charge on any atom is -1.00 e. The van der Waals surface area contributed by atoms with Crippen LogP contribution < -0.4 is 119 Å². The maximum Gasteiger partial charge on any atom is 1.00 e. The smallest absolute Gasteiger partial charge is 1.00 e. The molecule has 2 aliphatic carbocycles. The molecule has 9 heteroatoms. The van der Waals surface area contributed by atoms with Crippen LogP contribution in [0.25, 0.3) is 0 Å². The van der Waals surface area contributed by atoms with Crippen LogP contribution in [0, 0.1) is 23.8 Å². The van der Waals surface area contributed by atoms with Gasteiger partial charge in [0.1, 0.15) is 8.07 Å². The normalized spacial score (nSPS) is 14.4. The Hall–Kier alpha value is 0.360. The van der Waals surface area contributed by atoms with Crippen molar-refractivity contribution in [2.45, 2.75) is 83.3 Å². The van der Waals surface area contributed by atoms with Gasteiger partial charge in [-0.2, -0.15) is 0 Å². The summed E-state index contributed by atoms with van der Waals surface area (Å²) in [6.45, 7) is 11.1. The molecule has 2 unspecified atom stereocenters. The van der Waals surface area contributed by atoms with Gasteiger partial charge in [0.25, 0.3) is 6.47 Å². The monoisotopic (exact) mass is 614 g/mol. The summed E-state index contributed by atoms with van der Waals surface area (Å²) >= 11 is 0. The average Bonchev–Trinajstić information content (AvgIpc) is 3.87. The van der Waals surface area contributed by atoms with Crippen molar-refractivity contribution in [1.29, 1.82) is 0 Å². The first-order valence-electron chi connectivity index (χ1n) is 13.0. The molecule has 0 saturated heterocycles. The molecule has 2 aromatic carbocycles. The molecule has 2 atom stereocenters. The number of aliphatic hydroxyl groups excluding tert-OH is 1. The van der Waals surface area contributed by atoms with Crippen molar-refractivity contribution in [1.82, 2.24) is 10.6 Å². The van der Waals surface area contributed by atoms with Crippen molar-refractivity contribution in [3.05, 3.63) is 70.8 Å². The third kappa shape index (κ3) is 20.3. The Morgan fingerprint density at radius 2 is 1.25 bits per heavy atom. The number of hydrogen-bond acceptors (Lipinski definition) is 6. The molecule has 2 aromatic rings. The van der Waals surface area contributed by atoms with E-state index in [9.17, 15) is 0 Å². The van der Waals surface area contributed by atoms with Crippen molar-refractivity contribution in [3.8, 4) is 23.8 Å². The van der Waals surface area contributed by atoms with Crippen LogP contribution >= 0.6 is 0 Å². The van der Waals surface area contributed by atoms with E-state index in [-0.39, 0.29) is 111 Å². The molecule has 0 aromatic heterocycles. The van der Waals surface area contributed by atoms with Gasteiger partial charge in [0.2, 0.25) is 0 Å². The molecule has 40 heavy (non-hydrogen) atoms. The molecule has 0 bridgehead atoms. The van der Waals surface area contributed by atoms with E-state index < -0.39 is 8.07 Å². The number of carbonyl (C=O) groups is 1. The molecule has 0 heterocycles. The second-order valence-electron chi connectivity index (χ2n) is 10.4. The summed E-state index contributed by atoms with van der Waals surface area (Å²) in [6.07, 6.45) is 10.6. The second kappa shape index (κ2) is 23.8. The van der Waals surface area contributed by atoms with Crippen LogP contribution in [0.2, 0.25) is 19.6 Å². The minimum absolute atomic E-state index is 0. The fraction of sp³-hybridized carbons (Fsp3) is 0.452. The van der Waals surface area contributed by atoms with Crippen LogP contribution in [0.3, 0.4) is 0 Å². The van der Waals surface area contributed by atoms with E-state index >= 15 is 0 Å². The second-order valence-corrected chi connectivity index (χ2v) is 15.2. The Morgan fingerprint density at radius 1 is 0.900 bits per heavy atom. The predicted octanol–water partition coefficient (Wildman–Crippen LogP) is -1.63. The maximum absolute atomic E-state index is 8.64. The van der Waals surface area contributed by atoms with Gasteiger partial charge in [-0.15, -0.1) is 12.0 Å². The van der Waals surface area contributed by atoms with Crippen molar-refractivity contribution >= 4 is 14.5 Å². The Bertz CT molecular complexity index is 1060. The molecule has 0 spiro atoms. The number of hydrogen-bond donors (Lipinski definition) is 3. The van der Waals surface area contributed by atoms with Crippen molar-refractivity contribution < 1.29 is 124 Å². The molecule has 0 amide bonds. The number of benzene rings is 2. The van der Waals surface area contributed by atoms with Gasteiger partial charge in [0.15, 0.2) is 0 Å². The summed E-state index contributed by atoms with van der Waals surface area (Å²) in [4.78, 5) is 11.2. The summed E-state index contributed by atoms with van der Waals surface area (Å²) in [5.74, 6) is 5.92. The largest absolute Gasteiger partial charge is 1.00 e. The molecule has 3 N–H and O–H groups in total. The molecule has 208 valence electrons. The summed E-state index contributed by atoms with van der Waals surface area (Å²) < 4.78 is 0. The zero-order valence-corrected chi connectivity index (χ0v) is 32.8. The fourth-order valence-corrected chi connectivity index (χ4v) is 3.90. The third-order valence-electron chi connectivity index (χ3n) is 5.74. The average molecular weight is 615 g/mol. The van der Waals surface area contributed by atoms with Crippen molar-refractivity contribution in [2.24, 2.45) is 0 Å². The zero-order valence-electron chi connectivity index (χ0n) is 26.6. The SMILES string of the molecule is C#Cc1ccc(C(C)NC2CC2)cc1.CC(NC1CC1)c1ccc(C#C[Si](C)(C)C)cc1.CO.O=CO[O-].[H-].[K+].[K+]. The van der Waals surface area contributed by atoms with Crippen LogP contribution in [0.5, 0.6) is 0 Å². The minimum atomic E-state index is -1.26. The Labute approximate surface area is 329 Å². The van der Waals surface area contributed by atoms with E-state index in [1.165, 1.54) is 36.8 Å². The van der Waals surface area contributed by atoms with E-state index in [0.29, 0.717) is 12.1 Å². The van der Waals surface area contributed by atoms with E-state index in [2.05, 4.69) is 103 Å². The molecule has 2 fully saturated rings. The number of rotatable bonds is 7. The molecule has 2 saturated carbocycles. The maximum atomic E-state index is 8.64. The number of aliphatic hydroxyl groups is 1. The van der Waals surface area contributed by atoms with Gasteiger partial charge in [0, 0.05) is 42.4 Å². The number of nitrogens with one attached hydrogen (secondary N) is 2. The first kappa shape index (κ1) is 42.5. The van der Waals surface area contributed by atoms with Crippen molar-refractivity contribution in [2.75, 3.05) is 7.11 Å². The standard InChI is InChI=1S/C16H23NSi.C13H15N.CH2O3.CH4O.2K.H/c1-13(17-16-9-10-16)15-7-5-14(6-8-15)11-12-18(2,3)4;1-3-11-4-6-12(7-5-11)10(2)14-13-8-9-13;2-1-4-3;1-2;;;/h5-8,13,16-17H,9-10H2,1-4H3;1,4-7,10,13-14H,8-9H2,2H3;1,3H;2H,1H3;;;/q;;;;2*+1;-1/p-1. The zero-order chi connectivity index (χ0) is 28.6. The fourth-order valence-electron chi connectivity index (χ4n) is 3.38. The molecule has 0 radical (unpaired) electrons. The number of carbonyl (C=O) groups excluding carboxylic acids is 1. The van der Waals surface area contributed by atoms with Crippen LogP contribution in [-0.2, 0) is 9.68 Å². The molecule has 2 aliphatic rings. The predicted molar refractivity (Wildman–Crippen MR) is 157 cm³/mol. The van der Waals surface area contributed by atoms with Gasteiger partial charge in [-0.1, -0.05) is 55.7 Å². The first-order chi connectivity index (χ1) is 18.1. The van der Waals surface area contributed by atoms with Crippen LogP contribution in [0.15, 0.2) is 48.5 Å². The van der Waals surface area contributed by atoms with Gasteiger partial charge in [-0.25, -0.2) is 0 Å². The van der Waals surface area contributed by atoms with E-state index in [1.54, 1.807) is 0 Å². The Morgan fingerprint density at radius 3 is 1.52 bits per heavy atom. The third-order valence-corrected chi connectivity index (χ3v) is 6.61. The van der Waals surface area contributed by atoms with E-state index in [1.807, 2.05) is 12.1 Å². The quantitative estimate of drug-likeness (QED) is 0.114. The summed E-state index contributed by atoms with van der Waals surface area (Å²) in [5, 5.41) is 22.6. The van der Waals surface area contributed by atoms with Gasteiger partial charge in [0.05, 0.1) is 0 Å². The van der Waals surface area contributed by atoms with Crippen LogP contribution in [-0.4, -0.2) is 38.8 Å². The van der Waals surface area contributed by atoms with Gasteiger partial charge in [-0.3, -0.25) is 4.79 Å².